The fraction of sp³-hybridized carbons (Fsp3) is 0.200. The topological polar surface area (TPSA) is 49.9 Å². The molecule has 0 saturated carbocycles. The van der Waals surface area contributed by atoms with Crippen molar-refractivity contribution in [2.75, 3.05) is 5.75 Å². The molecular formula is C10H9ClFNO2S. The molecule has 3 nitrogen and oxygen atoms in total. The standard InChI is InChI=1S/C10H9ClFNO2S/c11-8-1-2-10-7(5-8)6-9(13-10)3-4-16(12,14)15/h1-2,5-6,13H,3-4H2. The Bertz CT molecular complexity index is 621. The third kappa shape index (κ3) is 2.74. The van der Waals surface area contributed by atoms with Gasteiger partial charge in [-0.2, -0.15) is 8.42 Å². The second-order valence-corrected chi connectivity index (χ2v) is 5.44. The molecule has 0 unspecified atom stereocenters. The molecule has 0 fully saturated rings. The molecule has 0 radical (unpaired) electrons. The molecule has 86 valence electrons. The summed E-state index contributed by atoms with van der Waals surface area (Å²) in [6, 6.07) is 7.06. The Morgan fingerprint density at radius 3 is 2.75 bits per heavy atom. The second-order valence-electron chi connectivity index (χ2n) is 3.52. The molecule has 0 amide bonds. The molecule has 0 aliphatic carbocycles. The van der Waals surface area contributed by atoms with Crippen LogP contribution in [-0.4, -0.2) is 19.2 Å². The number of fused-ring (bicyclic) bond motifs is 1. The first-order valence-electron chi connectivity index (χ1n) is 4.63. The van der Waals surface area contributed by atoms with E-state index in [-0.39, 0.29) is 6.42 Å². The maximum atomic E-state index is 12.3. The van der Waals surface area contributed by atoms with Crippen molar-refractivity contribution in [1.82, 2.24) is 4.98 Å². The molecule has 0 aliphatic rings. The van der Waals surface area contributed by atoms with E-state index in [1.807, 2.05) is 0 Å². The van der Waals surface area contributed by atoms with Gasteiger partial charge in [-0.1, -0.05) is 11.6 Å². The number of hydrogen-bond acceptors (Lipinski definition) is 2. The van der Waals surface area contributed by atoms with Gasteiger partial charge in [-0.3, -0.25) is 0 Å². The summed E-state index contributed by atoms with van der Waals surface area (Å²) in [4.78, 5) is 3.01. The van der Waals surface area contributed by atoms with E-state index in [9.17, 15) is 12.3 Å². The molecular weight excluding hydrogens is 253 g/mol. The van der Waals surface area contributed by atoms with Crippen molar-refractivity contribution in [2.24, 2.45) is 0 Å². The predicted octanol–water partition coefficient (Wildman–Crippen LogP) is 2.66. The number of nitrogens with one attached hydrogen (secondary N) is 1. The molecule has 0 bridgehead atoms. The van der Waals surface area contributed by atoms with Gasteiger partial charge in [0.15, 0.2) is 0 Å². The van der Waals surface area contributed by atoms with Crippen molar-refractivity contribution in [2.45, 2.75) is 6.42 Å². The summed E-state index contributed by atoms with van der Waals surface area (Å²) in [5.74, 6) is -0.506. The average molecular weight is 262 g/mol. The number of rotatable bonds is 3. The van der Waals surface area contributed by atoms with Gasteiger partial charge in [0.2, 0.25) is 0 Å². The molecule has 0 aliphatic heterocycles. The molecule has 1 aromatic carbocycles. The van der Waals surface area contributed by atoms with Crippen molar-refractivity contribution in [3.63, 3.8) is 0 Å². The Labute approximate surface area is 97.4 Å². The van der Waals surface area contributed by atoms with Gasteiger partial charge in [0.05, 0.1) is 5.75 Å². The van der Waals surface area contributed by atoms with Gasteiger partial charge in [-0.25, -0.2) is 0 Å². The summed E-state index contributed by atoms with van der Waals surface area (Å²) in [5, 5.41) is 1.50. The summed E-state index contributed by atoms with van der Waals surface area (Å²) >= 11 is 5.81. The molecule has 0 saturated heterocycles. The fourth-order valence-electron chi connectivity index (χ4n) is 1.53. The Morgan fingerprint density at radius 2 is 2.06 bits per heavy atom. The molecule has 1 heterocycles. The molecule has 6 heteroatoms. The third-order valence-electron chi connectivity index (χ3n) is 2.25. The molecule has 0 spiro atoms. The van der Waals surface area contributed by atoms with E-state index in [1.54, 1.807) is 24.3 Å². The number of hydrogen-bond donors (Lipinski definition) is 1. The van der Waals surface area contributed by atoms with Crippen LogP contribution in [0.3, 0.4) is 0 Å². The Morgan fingerprint density at radius 1 is 1.31 bits per heavy atom. The highest BCUT2D eigenvalue weighted by Crippen LogP contribution is 2.20. The summed E-state index contributed by atoms with van der Waals surface area (Å²) in [6.45, 7) is 0. The molecule has 1 aromatic heterocycles. The minimum absolute atomic E-state index is 0.130. The molecule has 0 atom stereocenters. The van der Waals surface area contributed by atoms with Gasteiger partial charge in [-0.05, 0) is 24.3 Å². The number of H-pyrrole nitrogens is 1. The van der Waals surface area contributed by atoms with Gasteiger partial charge < -0.3 is 4.98 Å². The van der Waals surface area contributed by atoms with Crippen molar-refractivity contribution >= 4 is 32.7 Å². The van der Waals surface area contributed by atoms with Crippen LogP contribution in [0.2, 0.25) is 5.02 Å². The van der Waals surface area contributed by atoms with Gasteiger partial charge in [-0.15, -0.1) is 3.89 Å². The highest BCUT2D eigenvalue weighted by atomic mass is 35.5. The number of aromatic nitrogens is 1. The average Bonchev–Trinajstić information content (AvgIpc) is 2.55. The monoisotopic (exact) mass is 261 g/mol. The Hall–Kier alpha value is -1.07. The van der Waals surface area contributed by atoms with Crippen molar-refractivity contribution in [1.29, 1.82) is 0 Å². The van der Waals surface area contributed by atoms with Crippen LogP contribution in [0.25, 0.3) is 10.9 Å². The molecule has 2 rings (SSSR count). The van der Waals surface area contributed by atoms with E-state index in [4.69, 9.17) is 11.6 Å². The summed E-state index contributed by atoms with van der Waals surface area (Å²) in [6.07, 6.45) is 0.130. The normalized spacial score (nSPS) is 12.1. The molecule has 16 heavy (non-hydrogen) atoms. The molecule has 2 aromatic rings. The zero-order chi connectivity index (χ0) is 11.8. The highest BCUT2D eigenvalue weighted by Gasteiger charge is 2.09. The van der Waals surface area contributed by atoms with E-state index in [2.05, 4.69) is 4.98 Å². The van der Waals surface area contributed by atoms with E-state index in [0.29, 0.717) is 10.7 Å². The van der Waals surface area contributed by atoms with Crippen LogP contribution in [0.5, 0.6) is 0 Å². The lowest BCUT2D eigenvalue weighted by Gasteiger charge is -1.92. The van der Waals surface area contributed by atoms with Crippen LogP contribution >= 0.6 is 11.6 Å². The minimum Gasteiger partial charge on any atom is -0.358 e. The number of aryl methyl sites for hydroxylation is 1. The van der Waals surface area contributed by atoms with Crippen LogP contribution in [0.4, 0.5) is 3.89 Å². The zero-order valence-electron chi connectivity index (χ0n) is 8.20. The van der Waals surface area contributed by atoms with Gasteiger partial charge in [0, 0.05) is 28.0 Å². The smallest absolute Gasteiger partial charge is 0.302 e. The first-order chi connectivity index (χ1) is 7.44. The van der Waals surface area contributed by atoms with Gasteiger partial charge in [0.25, 0.3) is 0 Å². The lowest BCUT2D eigenvalue weighted by atomic mass is 10.2. The first kappa shape index (κ1) is 11.4. The maximum Gasteiger partial charge on any atom is 0.302 e. The van der Waals surface area contributed by atoms with E-state index < -0.39 is 16.0 Å². The Kier molecular flexibility index (Phi) is 2.90. The number of benzene rings is 1. The largest absolute Gasteiger partial charge is 0.358 e. The van der Waals surface area contributed by atoms with Crippen LogP contribution in [0, 0.1) is 0 Å². The third-order valence-corrected chi connectivity index (χ3v) is 3.18. The summed E-state index contributed by atoms with van der Waals surface area (Å²) < 4.78 is 33.1. The second kappa shape index (κ2) is 4.07. The van der Waals surface area contributed by atoms with E-state index in [0.717, 1.165) is 10.9 Å². The summed E-state index contributed by atoms with van der Waals surface area (Å²) in [5.41, 5.74) is 1.54. The van der Waals surface area contributed by atoms with E-state index in [1.165, 1.54) is 0 Å². The highest BCUT2D eigenvalue weighted by molar-refractivity contribution is 7.86. The van der Waals surface area contributed by atoms with Crippen molar-refractivity contribution in [3.05, 3.63) is 35.0 Å². The fourth-order valence-corrected chi connectivity index (χ4v) is 2.17. The first-order valence-corrected chi connectivity index (χ1v) is 6.56. The predicted molar refractivity (Wildman–Crippen MR) is 61.9 cm³/mol. The van der Waals surface area contributed by atoms with Crippen LogP contribution < -0.4 is 0 Å². The van der Waals surface area contributed by atoms with Gasteiger partial charge in [0.1, 0.15) is 0 Å². The SMILES string of the molecule is O=S(=O)(F)CCc1cc2cc(Cl)ccc2[nH]1. The van der Waals surface area contributed by atoms with Crippen molar-refractivity contribution in [3.8, 4) is 0 Å². The Balaban J connectivity index is 2.26. The number of aromatic amines is 1. The maximum absolute atomic E-state index is 12.3. The lowest BCUT2D eigenvalue weighted by molar-refractivity contribution is 0.551. The quantitative estimate of drug-likeness (QED) is 0.864. The van der Waals surface area contributed by atoms with Crippen LogP contribution in [-0.2, 0) is 16.6 Å². The van der Waals surface area contributed by atoms with Crippen molar-refractivity contribution < 1.29 is 12.3 Å². The number of halogens is 2. The van der Waals surface area contributed by atoms with Crippen LogP contribution in [0.1, 0.15) is 5.69 Å². The lowest BCUT2D eigenvalue weighted by Crippen LogP contribution is -2.01. The molecule has 1 N–H and O–H groups in total. The minimum atomic E-state index is -4.41. The van der Waals surface area contributed by atoms with E-state index >= 15 is 0 Å². The van der Waals surface area contributed by atoms with Crippen LogP contribution in [0.15, 0.2) is 24.3 Å². The zero-order valence-corrected chi connectivity index (χ0v) is 9.78. The summed E-state index contributed by atoms with van der Waals surface area (Å²) in [7, 11) is -4.41. The van der Waals surface area contributed by atoms with Gasteiger partial charge >= 0.3 is 10.2 Å².